The maximum absolute atomic E-state index is 12.5. The molecule has 0 heterocycles. The summed E-state index contributed by atoms with van der Waals surface area (Å²) in [5.41, 5.74) is 15.9. The summed E-state index contributed by atoms with van der Waals surface area (Å²) in [5, 5.41) is 13.7. The van der Waals surface area contributed by atoms with Crippen molar-refractivity contribution in [3.8, 4) is 11.1 Å². The summed E-state index contributed by atoms with van der Waals surface area (Å²) in [6.07, 6.45) is -1.17. The molecular weight excluding hydrogens is 344 g/mol. The fourth-order valence-electron chi connectivity index (χ4n) is 2.54. The van der Waals surface area contributed by atoms with Crippen LogP contribution in [0.2, 0.25) is 0 Å². The smallest absolute Gasteiger partial charge is 0.409 e. The minimum Gasteiger partial charge on any atom is -0.465 e. The summed E-state index contributed by atoms with van der Waals surface area (Å²) < 4.78 is 0. The van der Waals surface area contributed by atoms with Crippen LogP contribution in [0.4, 0.5) is 27.5 Å². The fourth-order valence-corrected chi connectivity index (χ4v) is 2.54. The van der Waals surface area contributed by atoms with E-state index < -0.39 is 6.09 Å². The third kappa shape index (κ3) is 4.35. The van der Waals surface area contributed by atoms with Gasteiger partial charge in [-0.15, -0.1) is 0 Å². The van der Waals surface area contributed by atoms with Crippen LogP contribution in [-0.2, 0) is 0 Å². The second-order valence-corrected chi connectivity index (χ2v) is 5.89. The summed E-state index contributed by atoms with van der Waals surface area (Å²) in [6.45, 7) is 0. The fraction of sp³-hybridized carbons (Fsp3) is 0. The first-order valence-electron chi connectivity index (χ1n) is 8.09. The number of carbonyl (C=O) groups excluding carboxylic acids is 1. The van der Waals surface area contributed by atoms with Gasteiger partial charge < -0.3 is 21.9 Å². The van der Waals surface area contributed by atoms with E-state index >= 15 is 0 Å². The molecule has 0 aromatic heterocycles. The van der Waals surface area contributed by atoms with Gasteiger partial charge in [-0.3, -0.25) is 10.1 Å². The van der Waals surface area contributed by atoms with Crippen molar-refractivity contribution < 1.29 is 14.7 Å². The molecule has 7 heteroatoms. The Balaban J connectivity index is 1.80. The Labute approximate surface area is 155 Å². The molecule has 0 saturated heterocycles. The lowest BCUT2D eigenvalue weighted by molar-refractivity contribution is 0.102. The molecule has 3 rings (SSSR count). The van der Waals surface area contributed by atoms with Crippen molar-refractivity contribution in [1.82, 2.24) is 0 Å². The molecule has 3 aromatic rings. The molecule has 0 aliphatic heterocycles. The van der Waals surface area contributed by atoms with Crippen LogP contribution in [-0.4, -0.2) is 17.1 Å². The number of carboxylic acid groups (broad SMARTS) is 1. The molecular formula is C20H18N4O3. The zero-order chi connectivity index (χ0) is 19.4. The topological polar surface area (TPSA) is 130 Å². The van der Waals surface area contributed by atoms with E-state index in [-0.39, 0.29) is 5.91 Å². The van der Waals surface area contributed by atoms with E-state index in [1.807, 2.05) is 18.2 Å². The van der Waals surface area contributed by atoms with Gasteiger partial charge in [0, 0.05) is 16.9 Å². The molecule has 7 nitrogen and oxygen atoms in total. The van der Waals surface area contributed by atoms with Crippen LogP contribution >= 0.6 is 0 Å². The van der Waals surface area contributed by atoms with Crippen molar-refractivity contribution in [2.75, 3.05) is 22.1 Å². The molecule has 0 aliphatic carbocycles. The number of rotatable bonds is 4. The Hall–Kier alpha value is -4.00. The van der Waals surface area contributed by atoms with Gasteiger partial charge in [-0.2, -0.15) is 0 Å². The quantitative estimate of drug-likeness (QED) is 0.450. The van der Waals surface area contributed by atoms with Gasteiger partial charge in [-0.1, -0.05) is 18.2 Å². The number of nitrogens with one attached hydrogen (secondary N) is 2. The number of carbonyl (C=O) groups is 2. The molecule has 136 valence electrons. The zero-order valence-electron chi connectivity index (χ0n) is 14.3. The van der Waals surface area contributed by atoms with Crippen LogP contribution in [0.3, 0.4) is 0 Å². The molecule has 7 N–H and O–H groups in total. The zero-order valence-corrected chi connectivity index (χ0v) is 14.3. The average molecular weight is 362 g/mol. The largest absolute Gasteiger partial charge is 0.465 e. The number of hydrogen-bond donors (Lipinski definition) is 5. The van der Waals surface area contributed by atoms with E-state index in [9.17, 15) is 9.59 Å². The van der Waals surface area contributed by atoms with Gasteiger partial charge in [-0.05, 0) is 59.7 Å². The summed E-state index contributed by atoms with van der Waals surface area (Å²) in [4.78, 5) is 23.1. The lowest BCUT2D eigenvalue weighted by Gasteiger charge is -2.11. The predicted octanol–water partition coefficient (Wildman–Crippen LogP) is 3.86. The number of hydrogen-bond acceptors (Lipinski definition) is 4. The molecule has 2 amide bonds. The van der Waals surface area contributed by atoms with E-state index in [4.69, 9.17) is 16.6 Å². The van der Waals surface area contributed by atoms with Gasteiger partial charge in [-0.25, -0.2) is 4.79 Å². The first-order chi connectivity index (χ1) is 12.9. The summed E-state index contributed by atoms with van der Waals surface area (Å²) >= 11 is 0. The van der Waals surface area contributed by atoms with Crippen molar-refractivity contribution in [1.29, 1.82) is 0 Å². The van der Waals surface area contributed by atoms with Crippen LogP contribution in [0.1, 0.15) is 10.4 Å². The molecule has 27 heavy (non-hydrogen) atoms. The number of amides is 2. The average Bonchev–Trinajstić information content (AvgIpc) is 2.64. The van der Waals surface area contributed by atoms with E-state index in [2.05, 4.69) is 10.6 Å². The van der Waals surface area contributed by atoms with Gasteiger partial charge in [0.1, 0.15) is 0 Å². The highest BCUT2D eigenvalue weighted by Gasteiger charge is 2.10. The standard InChI is InChI=1S/C20H18N4O3/c21-15-6-1-12(2-7-15)14-5-10-17(22)18(11-14)24-19(25)13-3-8-16(9-4-13)23-20(26)27/h1-11,23H,21-22H2,(H,24,25)(H,26,27). The van der Waals surface area contributed by atoms with Crippen LogP contribution in [0, 0.1) is 0 Å². The lowest BCUT2D eigenvalue weighted by Crippen LogP contribution is -2.13. The molecule has 0 spiro atoms. The van der Waals surface area contributed by atoms with Gasteiger partial charge in [0.25, 0.3) is 5.91 Å². The van der Waals surface area contributed by atoms with Crippen molar-refractivity contribution in [3.63, 3.8) is 0 Å². The molecule has 0 saturated carbocycles. The number of nitrogen functional groups attached to an aromatic ring is 2. The maximum atomic E-state index is 12.5. The minimum absolute atomic E-state index is 0.349. The minimum atomic E-state index is -1.17. The molecule has 0 radical (unpaired) electrons. The molecule has 0 aliphatic rings. The first kappa shape index (κ1) is 17.8. The Morgan fingerprint density at radius 1 is 0.778 bits per heavy atom. The highest BCUT2D eigenvalue weighted by molar-refractivity contribution is 6.06. The molecule has 0 unspecified atom stereocenters. The SMILES string of the molecule is Nc1ccc(-c2ccc(N)c(NC(=O)c3ccc(NC(=O)O)cc3)c2)cc1. The monoisotopic (exact) mass is 362 g/mol. The normalized spacial score (nSPS) is 10.2. The maximum Gasteiger partial charge on any atom is 0.409 e. The Morgan fingerprint density at radius 3 is 2.04 bits per heavy atom. The van der Waals surface area contributed by atoms with E-state index in [1.54, 1.807) is 24.3 Å². The summed E-state index contributed by atoms with van der Waals surface area (Å²) in [7, 11) is 0. The van der Waals surface area contributed by atoms with Gasteiger partial charge >= 0.3 is 6.09 Å². The Bertz CT molecular complexity index is 983. The summed E-state index contributed by atoms with van der Waals surface area (Å²) in [5.74, 6) is -0.349. The Morgan fingerprint density at radius 2 is 1.41 bits per heavy atom. The number of benzene rings is 3. The second-order valence-electron chi connectivity index (χ2n) is 5.89. The van der Waals surface area contributed by atoms with Crippen LogP contribution < -0.4 is 22.1 Å². The van der Waals surface area contributed by atoms with Gasteiger partial charge in [0.2, 0.25) is 0 Å². The molecule has 0 atom stereocenters. The van der Waals surface area contributed by atoms with Gasteiger partial charge in [0.05, 0.1) is 11.4 Å². The van der Waals surface area contributed by atoms with Crippen molar-refractivity contribution >= 4 is 34.7 Å². The van der Waals surface area contributed by atoms with E-state index in [0.717, 1.165) is 11.1 Å². The van der Waals surface area contributed by atoms with Crippen LogP contribution in [0.15, 0.2) is 66.7 Å². The second kappa shape index (κ2) is 7.49. The van der Waals surface area contributed by atoms with Crippen molar-refractivity contribution in [2.24, 2.45) is 0 Å². The highest BCUT2D eigenvalue weighted by Crippen LogP contribution is 2.28. The number of anilines is 4. The number of nitrogens with two attached hydrogens (primary N) is 2. The third-order valence-corrected chi connectivity index (χ3v) is 3.94. The van der Waals surface area contributed by atoms with Crippen molar-refractivity contribution in [2.45, 2.75) is 0 Å². The van der Waals surface area contributed by atoms with Crippen LogP contribution in [0.25, 0.3) is 11.1 Å². The first-order valence-corrected chi connectivity index (χ1v) is 8.09. The molecule has 0 bridgehead atoms. The van der Waals surface area contributed by atoms with Gasteiger partial charge in [0.15, 0.2) is 0 Å². The predicted molar refractivity (Wildman–Crippen MR) is 107 cm³/mol. The van der Waals surface area contributed by atoms with Crippen molar-refractivity contribution in [3.05, 3.63) is 72.3 Å². The van der Waals surface area contributed by atoms with E-state index in [0.29, 0.717) is 28.3 Å². The highest BCUT2D eigenvalue weighted by atomic mass is 16.4. The molecule has 0 fully saturated rings. The molecule has 3 aromatic carbocycles. The summed E-state index contributed by atoms with van der Waals surface area (Å²) in [6, 6.07) is 18.8. The Kier molecular flexibility index (Phi) is 4.94. The lowest BCUT2D eigenvalue weighted by atomic mass is 10.0. The van der Waals surface area contributed by atoms with E-state index in [1.165, 1.54) is 24.3 Å². The van der Waals surface area contributed by atoms with Crippen LogP contribution in [0.5, 0.6) is 0 Å². The third-order valence-electron chi connectivity index (χ3n) is 3.94.